The second kappa shape index (κ2) is 3.73. The van der Waals surface area contributed by atoms with Crippen LogP contribution in [0.3, 0.4) is 0 Å². The van der Waals surface area contributed by atoms with Gasteiger partial charge in [0.1, 0.15) is 10.9 Å². The Balaban J connectivity index is 3.10. The van der Waals surface area contributed by atoms with Gasteiger partial charge in [-0.15, -0.1) is 11.3 Å². The molecule has 1 aromatic rings. The Morgan fingerprint density at radius 2 is 2.25 bits per heavy atom. The third-order valence-electron chi connectivity index (χ3n) is 1.86. The lowest BCUT2D eigenvalue weighted by molar-refractivity contribution is 0.870. The van der Waals surface area contributed by atoms with Crippen molar-refractivity contribution in [3.05, 3.63) is 21.4 Å². The monoisotopic (exact) mass is 179 g/mol. The van der Waals surface area contributed by atoms with E-state index in [1.54, 1.807) is 11.3 Å². The van der Waals surface area contributed by atoms with E-state index >= 15 is 0 Å². The zero-order valence-electron chi connectivity index (χ0n) is 7.72. The molecule has 1 rings (SSSR count). The highest BCUT2D eigenvalue weighted by atomic mass is 32.1. The molecule has 0 aliphatic rings. The van der Waals surface area contributed by atoms with Gasteiger partial charge < -0.3 is 0 Å². The predicted octanol–water partition coefficient (Wildman–Crippen LogP) is 3.31. The van der Waals surface area contributed by atoms with E-state index in [1.165, 1.54) is 10.4 Å². The molecule has 0 saturated carbocycles. The molecule has 0 saturated heterocycles. The molecule has 1 heterocycles. The quantitative estimate of drug-likeness (QED) is 0.683. The van der Waals surface area contributed by atoms with E-state index in [9.17, 15) is 0 Å². The summed E-state index contributed by atoms with van der Waals surface area (Å²) >= 11 is 1.63. The van der Waals surface area contributed by atoms with Crippen molar-refractivity contribution >= 4 is 11.3 Å². The Morgan fingerprint density at radius 1 is 1.58 bits per heavy atom. The molecule has 12 heavy (non-hydrogen) atoms. The lowest BCUT2D eigenvalue weighted by atomic mass is 10.1. The fraction of sp³-hybridized carbons (Fsp3) is 0.500. The average molecular weight is 179 g/mol. The van der Waals surface area contributed by atoms with Gasteiger partial charge in [0.05, 0.1) is 0 Å². The van der Waals surface area contributed by atoms with Crippen LogP contribution in [0.15, 0.2) is 6.07 Å². The highest BCUT2D eigenvalue weighted by Gasteiger charge is 2.09. The van der Waals surface area contributed by atoms with E-state index in [-0.39, 0.29) is 0 Å². The summed E-state index contributed by atoms with van der Waals surface area (Å²) in [5.74, 6) is 0.548. The van der Waals surface area contributed by atoms with Crippen LogP contribution >= 0.6 is 11.3 Å². The number of nitrogens with zero attached hydrogens (tertiary/aromatic N) is 1. The van der Waals surface area contributed by atoms with E-state index in [0.717, 1.165) is 11.3 Å². The first kappa shape index (κ1) is 9.28. The Hall–Kier alpha value is -0.810. The third-order valence-corrected chi connectivity index (χ3v) is 3.24. The summed E-state index contributed by atoms with van der Waals surface area (Å²) in [5, 5.41) is 8.71. The van der Waals surface area contributed by atoms with Crippen LogP contribution in [0.4, 0.5) is 0 Å². The van der Waals surface area contributed by atoms with Crippen molar-refractivity contribution < 1.29 is 0 Å². The smallest absolute Gasteiger partial charge is 0.110 e. The summed E-state index contributed by atoms with van der Waals surface area (Å²) < 4.78 is 0. The first-order valence-electron chi connectivity index (χ1n) is 4.21. The van der Waals surface area contributed by atoms with Crippen molar-refractivity contribution in [2.45, 2.75) is 33.1 Å². The minimum Gasteiger partial charge on any atom is -0.192 e. The molecule has 0 spiro atoms. The van der Waals surface area contributed by atoms with E-state index in [4.69, 9.17) is 5.26 Å². The van der Waals surface area contributed by atoms with Gasteiger partial charge in [-0.3, -0.25) is 0 Å². The summed E-state index contributed by atoms with van der Waals surface area (Å²) in [5.41, 5.74) is 1.34. The number of thiophene rings is 1. The maximum Gasteiger partial charge on any atom is 0.110 e. The standard InChI is InChI=1S/C10H13NS/c1-4-8-5-9(6-11)12-10(8)7(2)3/h5,7H,4H2,1-3H3. The Kier molecular flexibility index (Phi) is 2.88. The van der Waals surface area contributed by atoms with E-state index in [0.29, 0.717) is 5.92 Å². The molecule has 0 fully saturated rings. The minimum absolute atomic E-state index is 0.548. The molecule has 0 aliphatic heterocycles. The van der Waals surface area contributed by atoms with Crippen molar-refractivity contribution in [1.29, 1.82) is 5.26 Å². The molecular formula is C10H13NS. The van der Waals surface area contributed by atoms with Gasteiger partial charge in [0, 0.05) is 4.88 Å². The molecular weight excluding hydrogens is 166 g/mol. The summed E-state index contributed by atoms with van der Waals surface area (Å²) in [6.07, 6.45) is 1.03. The summed E-state index contributed by atoms with van der Waals surface area (Å²) in [6.45, 7) is 6.48. The van der Waals surface area contributed by atoms with Crippen molar-refractivity contribution in [2.24, 2.45) is 0 Å². The SMILES string of the molecule is CCc1cc(C#N)sc1C(C)C. The van der Waals surface area contributed by atoms with Gasteiger partial charge in [-0.1, -0.05) is 20.8 Å². The highest BCUT2D eigenvalue weighted by molar-refractivity contribution is 7.12. The topological polar surface area (TPSA) is 23.8 Å². The van der Waals surface area contributed by atoms with Crippen LogP contribution in [0.2, 0.25) is 0 Å². The van der Waals surface area contributed by atoms with Crippen LogP contribution in [0, 0.1) is 11.3 Å². The highest BCUT2D eigenvalue weighted by Crippen LogP contribution is 2.29. The van der Waals surface area contributed by atoms with Gasteiger partial charge in [-0.25, -0.2) is 0 Å². The van der Waals surface area contributed by atoms with E-state index in [1.807, 2.05) is 6.07 Å². The van der Waals surface area contributed by atoms with Crippen LogP contribution in [0.5, 0.6) is 0 Å². The molecule has 1 aromatic heterocycles. The van der Waals surface area contributed by atoms with Crippen LogP contribution in [0.25, 0.3) is 0 Å². The minimum atomic E-state index is 0.548. The zero-order valence-corrected chi connectivity index (χ0v) is 8.53. The molecule has 64 valence electrons. The fourth-order valence-corrected chi connectivity index (χ4v) is 2.32. The number of hydrogen-bond acceptors (Lipinski definition) is 2. The van der Waals surface area contributed by atoms with Crippen molar-refractivity contribution in [3.8, 4) is 6.07 Å². The molecule has 0 bridgehead atoms. The van der Waals surface area contributed by atoms with E-state index in [2.05, 4.69) is 26.8 Å². The van der Waals surface area contributed by atoms with Gasteiger partial charge in [0.2, 0.25) is 0 Å². The molecule has 0 radical (unpaired) electrons. The van der Waals surface area contributed by atoms with Crippen LogP contribution < -0.4 is 0 Å². The molecule has 0 atom stereocenters. The van der Waals surface area contributed by atoms with Crippen molar-refractivity contribution in [3.63, 3.8) is 0 Å². The van der Waals surface area contributed by atoms with Crippen LogP contribution in [-0.2, 0) is 6.42 Å². The number of aryl methyl sites for hydroxylation is 1. The van der Waals surface area contributed by atoms with Crippen molar-refractivity contribution in [2.75, 3.05) is 0 Å². The van der Waals surface area contributed by atoms with Crippen LogP contribution in [-0.4, -0.2) is 0 Å². The van der Waals surface area contributed by atoms with Gasteiger partial charge >= 0.3 is 0 Å². The predicted molar refractivity (Wildman–Crippen MR) is 52.5 cm³/mol. The summed E-state index contributed by atoms with van der Waals surface area (Å²) in [7, 11) is 0. The number of nitriles is 1. The Labute approximate surface area is 77.7 Å². The molecule has 0 N–H and O–H groups in total. The largest absolute Gasteiger partial charge is 0.192 e. The normalized spacial score (nSPS) is 10.2. The maximum atomic E-state index is 8.71. The zero-order chi connectivity index (χ0) is 9.14. The van der Waals surface area contributed by atoms with Gasteiger partial charge in [0.25, 0.3) is 0 Å². The Morgan fingerprint density at radius 3 is 2.58 bits per heavy atom. The first-order valence-corrected chi connectivity index (χ1v) is 5.03. The summed E-state index contributed by atoms with van der Waals surface area (Å²) in [6, 6.07) is 4.21. The number of rotatable bonds is 2. The van der Waals surface area contributed by atoms with E-state index < -0.39 is 0 Å². The van der Waals surface area contributed by atoms with Crippen molar-refractivity contribution in [1.82, 2.24) is 0 Å². The maximum absolute atomic E-state index is 8.71. The van der Waals surface area contributed by atoms with Gasteiger partial charge in [0.15, 0.2) is 0 Å². The molecule has 0 aliphatic carbocycles. The van der Waals surface area contributed by atoms with Gasteiger partial charge in [-0.05, 0) is 24.0 Å². The lowest BCUT2D eigenvalue weighted by Crippen LogP contribution is -1.87. The second-order valence-electron chi connectivity index (χ2n) is 3.12. The molecule has 0 amide bonds. The van der Waals surface area contributed by atoms with Gasteiger partial charge in [-0.2, -0.15) is 5.26 Å². The van der Waals surface area contributed by atoms with Crippen LogP contribution in [0.1, 0.15) is 42.0 Å². The lowest BCUT2D eigenvalue weighted by Gasteiger charge is -2.02. The first-order chi connectivity index (χ1) is 5.69. The number of hydrogen-bond donors (Lipinski definition) is 0. The molecule has 1 nitrogen and oxygen atoms in total. The second-order valence-corrected chi connectivity index (χ2v) is 4.20. The fourth-order valence-electron chi connectivity index (χ4n) is 1.26. The Bertz CT molecular complexity index is 304. The molecule has 2 heteroatoms. The molecule has 0 unspecified atom stereocenters. The average Bonchev–Trinajstić information content (AvgIpc) is 2.47. The summed E-state index contributed by atoms with van der Waals surface area (Å²) in [4.78, 5) is 2.21. The third kappa shape index (κ3) is 1.67. The molecule has 0 aromatic carbocycles.